The lowest BCUT2D eigenvalue weighted by Crippen LogP contribution is -2.34. The van der Waals surface area contributed by atoms with Gasteiger partial charge in [0.05, 0.1) is 6.61 Å². The van der Waals surface area contributed by atoms with Gasteiger partial charge in [-0.05, 0) is 28.9 Å². The minimum atomic E-state index is -0.298. The molecule has 0 atom stereocenters. The molecule has 0 fully saturated rings. The molecule has 0 saturated heterocycles. The summed E-state index contributed by atoms with van der Waals surface area (Å²) in [7, 11) is 0. The molecule has 1 amide bonds. The van der Waals surface area contributed by atoms with Gasteiger partial charge in [0.15, 0.2) is 0 Å². The minimum absolute atomic E-state index is 0.0425. The van der Waals surface area contributed by atoms with E-state index in [9.17, 15) is 9.59 Å². The van der Waals surface area contributed by atoms with Gasteiger partial charge in [-0.3, -0.25) is 9.59 Å². The van der Waals surface area contributed by atoms with E-state index in [2.05, 4.69) is 21.2 Å². The second-order valence-corrected chi connectivity index (χ2v) is 4.26. The van der Waals surface area contributed by atoms with Gasteiger partial charge in [0.25, 0.3) is 5.56 Å². The number of hydrogen-bond acceptors (Lipinski definition) is 3. The lowest BCUT2D eigenvalue weighted by molar-refractivity contribution is -0.121. The highest BCUT2D eigenvalue weighted by Crippen LogP contribution is 2.07. The summed E-state index contributed by atoms with van der Waals surface area (Å²) in [6.45, 7) is 1.73. The first kappa shape index (κ1) is 12.9. The van der Waals surface area contributed by atoms with Gasteiger partial charge in [0, 0.05) is 22.8 Å². The second kappa shape index (κ2) is 5.81. The molecule has 0 aliphatic rings. The molecule has 1 aromatic rings. The number of carbonyl (C=O) groups is 1. The number of rotatable bonds is 4. The van der Waals surface area contributed by atoms with Crippen molar-refractivity contribution < 1.29 is 9.90 Å². The van der Waals surface area contributed by atoms with Crippen LogP contribution in [0.5, 0.6) is 0 Å². The first-order chi connectivity index (χ1) is 7.54. The Labute approximate surface area is 101 Å². The Morgan fingerprint density at radius 3 is 2.94 bits per heavy atom. The highest BCUT2D eigenvalue weighted by molar-refractivity contribution is 9.10. The Balaban J connectivity index is 2.81. The predicted octanol–water partition coefficient (Wildman–Crippen LogP) is 0.0277. The molecule has 1 rings (SSSR count). The van der Waals surface area contributed by atoms with Gasteiger partial charge in [-0.2, -0.15) is 0 Å². The molecule has 0 saturated carbocycles. The summed E-state index contributed by atoms with van der Waals surface area (Å²) in [6, 6.07) is 1.70. The van der Waals surface area contributed by atoms with Crippen molar-refractivity contribution in [3.63, 3.8) is 0 Å². The number of halogens is 1. The lowest BCUT2D eigenvalue weighted by atomic mass is 10.3. The molecular formula is C10H13BrN2O3. The van der Waals surface area contributed by atoms with Crippen LogP contribution in [-0.4, -0.2) is 28.7 Å². The van der Waals surface area contributed by atoms with E-state index >= 15 is 0 Å². The van der Waals surface area contributed by atoms with Crippen LogP contribution in [0.3, 0.4) is 0 Å². The van der Waals surface area contributed by atoms with E-state index in [-0.39, 0.29) is 31.2 Å². The maximum absolute atomic E-state index is 11.6. The van der Waals surface area contributed by atoms with E-state index in [0.29, 0.717) is 5.56 Å². The average molecular weight is 289 g/mol. The molecule has 1 aromatic heterocycles. The molecule has 6 heteroatoms. The molecule has 5 nitrogen and oxygen atoms in total. The second-order valence-electron chi connectivity index (χ2n) is 3.35. The van der Waals surface area contributed by atoms with Gasteiger partial charge in [-0.15, -0.1) is 0 Å². The smallest absolute Gasteiger partial charge is 0.253 e. The standard InChI is InChI=1S/C10H13BrN2O3/c1-7-4-8(11)5-13(10(7)16)6-9(15)12-2-3-14/h4-5,14H,2-3,6H2,1H3,(H,12,15). The van der Waals surface area contributed by atoms with Gasteiger partial charge in [-0.25, -0.2) is 0 Å². The first-order valence-electron chi connectivity index (χ1n) is 4.78. The van der Waals surface area contributed by atoms with Crippen molar-refractivity contribution in [1.82, 2.24) is 9.88 Å². The fourth-order valence-corrected chi connectivity index (χ4v) is 1.85. The quantitative estimate of drug-likeness (QED) is 0.821. The van der Waals surface area contributed by atoms with Gasteiger partial charge in [-0.1, -0.05) is 0 Å². The summed E-state index contributed by atoms with van der Waals surface area (Å²) in [5, 5.41) is 11.0. The zero-order valence-electron chi connectivity index (χ0n) is 8.86. The predicted molar refractivity (Wildman–Crippen MR) is 63.2 cm³/mol. The molecule has 0 bridgehead atoms. The van der Waals surface area contributed by atoms with E-state index in [0.717, 1.165) is 4.47 Å². The summed E-state index contributed by atoms with van der Waals surface area (Å²) in [5.74, 6) is -0.298. The Kier molecular flexibility index (Phi) is 4.70. The van der Waals surface area contributed by atoms with Gasteiger partial charge in [0.1, 0.15) is 6.54 Å². The zero-order valence-corrected chi connectivity index (χ0v) is 10.5. The number of aliphatic hydroxyl groups is 1. The van der Waals surface area contributed by atoms with Crippen molar-refractivity contribution in [1.29, 1.82) is 0 Å². The van der Waals surface area contributed by atoms with Crippen molar-refractivity contribution >= 4 is 21.8 Å². The van der Waals surface area contributed by atoms with Crippen LogP contribution < -0.4 is 10.9 Å². The van der Waals surface area contributed by atoms with Crippen molar-refractivity contribution in [2.24, 2.45) is 0 Å². The monoisotopic (exact) mass is 288 g/mol. The summed E-state index contributed by atoms with van der Waals surface area (Å²) >= 11 is 3.26. The number of nitrogens with one attached hydrogen (secondary N) is 1. The number of pyridine rings is 1. The number of hydrogen-bond donors (Lipinski definition) is 2. The van der Waals surface area contributed by atoms with Crippen LogP contribution in [0.2, 0.25) is 0 Å². The summed E-state index contributed by atoms with van der Waals surface area (Å²) in [5.41, 5.74) is 0.381. The van der Waals surface area contributed by atoms with Crippen molar-refractivity contribution in [2.45, 2.75) is 13.5 Å². The molecule has 0 aromatic carbocycles. The number of aryl methyl sites for hydroxylation is 1. The van der Waals surface area contributed by atoms with Crippen molar-refractivity contribution in [2.75, 3.05) is 13.2 Å². The zero-order chi connectivity index (χ0) is 12.1. The van der Waals surface area contributed by atoms with Crippen LogP contribution in [0.25, 0.3) is 0 Å². The summed E-state index contributed by atoms with van der Waals surface area (Å²) < 4.78 is 2.08. The number of aliphatic hydroxyl groups excluding tert-OH is 1. The first-order valence-corrected chi connectivity index (χ1v) is 5.58. The number of carbonyl (C=O) groups excluding carboxylic acids is 1. The third-order valence-electron chi connectivity index (χ3n) is 1.98. The molecule has 2 N–H and O–H groups in total. The van der Waals surface area contributed by atoms with Crippen molar-refractivity contribution in [3.8, 4) is 0 Å². The van der Waals surface area contributed by atoms with Gasteiger partial charge >= 0.3 is 0 Å². The molecular weight excluding hydrogens is 276 g/mol. The molecule has 0 spiro atoms. The van der Waals surface area contributed by atoms with Crippen LogP contribution in [-0.2, 0) is 11.3 Å². The third-order valence-corrected chi connectivity index (χ3v) is 2.41. The lowest BCUT2D eigenvalue weighted by Gasteiger charge is -2.07. The van der Waals surface area contributed by atoms with Crippen molar-refractivity contribution in [3.05, 3.63) is 32.7 Å². The molecule has 0 aliphatic heterocycles. The number of aromatic nitrogens is 1. The largest absolute Gasteiger partial charge is 0.395 e. The highest BCUT2D eigenvalue weighted by atomic mass is 79.9. The molecule has 0 unspecified atom stereocenters. The third kappa shape index (κ3) is 3.46. The molecule has 1 heterocycles. The number of nitrogens with zero attached hydrogens (tertiary/aromatic N) is 1. The Hall–Kier alpha value is -1.14. The summed E-state index contributed by atoms with van der Waals surface area (Å²) in [6.07, 6.45) is 1.56. The maximum atomic E-state index is 11.6. The maximum Gasteiger partial charge on any atom is 0.253 e. The van der Waals surface area contributed by atoms with E-state index in [1.165, 1.54) is 4.57 Å². The van der Waals surface area contributed by atoms with E-state index < -0.39 is 0 Å². The fraction of sp³-hybridized carbons (Fsp3) is 0.400. The van der Waals surface area contributed by atoms with Crippen LogP contribution in [0.1, 0.15) is 5.56 Å². The SMILES string of the molecule is Cc1cc(Br)cn(CC(=O)NCCO)c1=O. The molecule has 16 heavy (non-hydrogen) atoms. The van der Waals surface area contributed by atoms with Crippen LogP contribution in [0.4, 0.5) is 0 Å². The summed E-state index contributed by atoms with van der Waals surface area (Å²) in [4.78, 5) is 23.0. The van der Waals surface area contributed by atoms with Gasteiger partial charge in [0.2, 0.25) is 5.91 Å². The molecule has 0 aliphatic carbocycles. The van der Waals surface area contributed by atoms with E-state index in [4.69, 9.17) is 5.11 Å². The van der Waals surface area contributed by atoms with Gasteiger partial charge < -0.3 is 15.0 Å². The Morgan fingerprint density at radius 2 is 2.31 bits per heavy atom. The van der Waals surface area contributed by atoms with Crippen LogP contribution in [0, 0.1) is 6.92 Å². The Morgan fingerprint density at radius 1 is 1.62 bits per heavy atom. The number of amides is 1. The Bertz CT molecular complexity index is 442. The van der Waals surface area contributed by atoms with Crippen LogP contribution in [0.15, 0.2) is 21.5 Å². The van der Waals surface area contributed by atoms with Crippen LogP contribution >= 0.6 is 15.9 Å². The molecule has 88 valence electrons. The fourth-order valence-electron chi connectivity index (χ4n) is 1.26. The topological polar surface area (TPSA) is 71.3 Å². The highest BCUT2D eigenvalue weighted by Gasteiger charge is 2.06. The average Bonchev–Trinajstić information content (AvgIpc) is 2.22. The minimum Gasteiger partial charge on any atom is -0.395 e. The van der Waals surface area contributed by atoms with E-state index in [1.807, 2.05) is 0 Å². The van der Waals surface area contributed by atoms with E-state index in [1.54, 1.807) is 19.2 Å². The molecule has 0 radical (unpaired) electrons. The normalized spacial score (nSPS) is 10.2.